The number of rotatable bonds is 6. The number of carbonyl (C=O) groups excluding carboxylic acids is 1. The number of para-hydroxylation sites is 1. The summed E-state index contributed by atoms with van der Waals surface area (Å²) >= 11 is 7.35. The van der Waals surface area contributed by atoms with Gasteiger partial charge < -0.3 is 9.73 Å². The Kier molecular flexibility index (Phi) is 6.44. The van der Waals surface area contributed by atoms with Crippen LogP contribution in [0.3, 0.4) is 0 Å². The number of thioether (sulfide) groups is 1. The Balaban J connectivity index is 1.48. The van der Waals surface area contributed by atoms with Crippen LogP contribution in [0.15, 0.2) is 99.4 Å². The van der Waals surface area contributed by atoms with Crippen molar-refractivity contribution in [3.8, 4) is 16.9 Å². The lowest BCUT2D eigenvalue weighted by atomic mass is 10.1. The number of aromatic nitrogens is 2. The summed E-state index contributed by atoms with van der Waals surface area (Å²) in [4.78, 5) is 30.0. The van der Waals surface area contributed by atoms with Gasteiger partial charge in [0.05, 0.1) is 17.0 Å². The number of amides is 1. The Morgan fingerprint density at radius 1 is 1.06 bits per heavy atom. The normalized spacial score (nSPS) is 11.0. The van der Waals surface area contributed by atoms with Gasteiger partial charge in [-0.2, -0.15) is 0 Å². The SMILES string of the molecule is Cc1cccc(NC(=O)CSc2nc(-c3cc4ccccc4oc3=O)cn2-c2ccc(Cl)cc2)c1. The molecule has 1 amide bonds. The molecule has 0 aliphatic rings. The van der Waals surface area contributed by atoms with Crippen molar-refractivity contribution in [2.24, 2.45) is 0 Å². The van der Waals surface area contributed by atoms with Crippen molar-refractivity contribution in [3.05, 3.63) is 106 Å². The molecule has 0 atom stereocenters. The minimum Gasteiger partial charge on any atom is -0.422 e. The summed E-state index contributed by atoms with van der Waals surface area (Å²) in [5, 5.41) is 4.88. The number of imidazole rings is 1. The second kappa shape index (κ2) is 9.82. The molecule has 8 heteroatoms. The predicted octanol–water partition coefficient (Wildman–Crippen LogP) is 6.34. The average Bonchev–Trinajstić information content (AvgIpc) is 3.27. The van der Waals surface area contributed by atoms with E-state index in [4.69, 9.17) is 21.0 Å². The maximum absolute atomic E-state index is 12.7. The van der Waals surface area contributed by atoms with Gasteiger partial charge in [-0.15, -0.1) is 0 Å². The third-order valence-corrected chi connectivity index (χ3v) is 6.53. The van der Waals surface area contributed by atoms with Crippen molar-refractivity contribution < 1.29 is 9.21 Å². The molecule has 3 aromatic carbocycles. The van der Waals surface area contributed by atoms with Gasteiger partial charge in [-0.05, 0) is 61.0 Å². The van der Waals surface area contributed by atoms with Crippen LogP contribution in [0.25, 0.3) is 27.9 Å². The number of aryl methyl sites for hydroxylation is 1. The van der Waals surface area contributed by atoms with Crippen molar-refractivity contribution in [1.29, 1.82) is 0 Å². The Morgan fingerprint density at radius 2 is 1.86 bits per heavy atom. The number of hydrogen-bond acceptors (Lipinski definition) is 5. The first kappa shape index (κ1) is 23.0. The maximum atomic E-state index is 12.7. The molecule has 2 aromatic heterocycles. The molecule has 0 spiro atoms. The van der Waals surface area contributed by atoms with E-state index in [2.05, 4.69) is 5.32 Å². The quantitative estimate of drug-likeness (QED) is 0.217. The van der Waals surface area contributed by atoms with Crippen molar-refractivity contribution in [2.75, 3.05) is 11.1 Å². The fourth-order valence-electron chi connectivity index (χ4n) is 3.67. The van der Waals surface area contributed by atoms with Gasteiger partial charge in [-0.1, -0.05) is 53.7 Å². The first-order valence-corrected chi connectivity index (χ1v) is 12.2. The first-order chi connectivity index (χ1) is 17.0. The molecule has 174 valence electrons. The topological polar surface area (TPSA) is 77.1 Å². The number of halogens is 1. The molecular weight excluding hydrogens is 482 g/mol. The lowest BCUT2D eigenvalue weighted by Gasteiger charge is -2.08. The summed E-state index contributed by atoms with van der Waals surface area (Å²) in [6.45, 7) is 1.97. The fraction of sp³-hybridized carbons (Fsp3) is 0.0741. The van der Waals surface area contributed by atoms with Gasteiger partial charge in [0.2, 0.25) is 5.91 Å². The molecule has 0 aliphatic carbocycles. The lowest BCUT2D eigenvalue weighted by molar-refractivity contribution is -0.113. The zero-order valence-corrected chi connectivity index (χ0v) is 20.3. The highest BCUT2D eigenvalue weighted by molar-refractivity contribution is 7.99. The Bertz CT molecular complexity index is 1590. The zero-order valence-electron chi connectivity index (χ0n) is 18.7. The van der Waals surface area contributed by atoms with E-state index >= 15 is 0 Å². The summed E-state index contributed by atoms with van der Waals surface area (Å²) in [5.41, 5.74) is 3.46. The van der Waals surface area contributed by atoms with Crippen LogP contribution >= 0.6 is 23.4 Å². The highest BCUT2D eigenvalue weighted by atomic mass is 35.5. The number of nitrogens with zero attached hydrogens (tertiary/aromatic N) is 2. The van der Waals surface area contributed by atoms with Crippen molar-refractivity contribution >= 4 is 45.9 Å². The number of nitrogens with one attached hydrogen (secondary N) is 1. The van der Waals surface area contributed by atoms with E-state index < -0.39 is 5.63 Å². The number of hydrogen-bond donors (Lipinski definition) is 1. The number of fused-ring (bicyclic) bond motifs is 1. The standard InChI is InChI=1S/C27H20ClN3O3S/c1-17-5-4-7-20(13-17)29-25(32)16-35-27-30-23(15-31(27)21-11-9-19(28)10-12-21)22-14-18-6-2-3-8-24(18)34-26(22)33/h2-15H,16H2,1H3,(H,29,32). The van der Waals surface area contributed by atoms with Crippen molar-refractivity contribution in [1.82, 2.24) is 9.55 Å². The molecule has 0 bridgehead atoms. The Morgan fingerprint density at radius 3 is 2.66 bits per heavy atom. The third-order valence-electron chi connectivity index (χ3n) is 5.33. The molecule has 0 fully saturated rings. The van der Waals surface area contributed by atoms with Gasteiger partial charge >= 0.3 is 5.63 Å². The molecule has 5 aromatic rings. The monoisotopic (exact) mass is 501 g/mol. The van der Waals surface area contributed by atoms with Crippen LogP contribution in [-0.4, -0.2) is 21.2 Å². The van der Waals surface area contributed by atoms with Crippen LogP contribution in [0.4, 0.5) is 5.69 Å². The van der Waals surface area contributed by atoms with Crippen LogP contribution < -0.4 is 10.9 Å². The van der Waals surface area contributed by atoms with E-state index in [1.54, 1.807) is 30.5 Å². The van der Waals surface area contributed by atoms with E-state index in [1.165, 1.54) is 11.8 Å². The van der Waals surface area contributed by atoms with Gasteiger partial charge in [0, 0.05) is 28.0 Å². The van der Waals surface area contributed by atoms with E-state index in [9.17, 15) is 9.59 Å². The minimum absolute atomic E-state index is 0.143. The van der Waals surface area contributed by atoms with Crippen LogP contribution in [0.2, 0.25) is 5.02 Å². The fourth-order valence-corrected chi connectivity index (χ4v) is 4.59. The second-order valence-electron chi connectivity index (χ2n) is 7.95. The largest absolute Gasteiger partial charge is 0.422 e. The number of carbonyl (C=O) groups is 1. The summed E-state index contributed by atoms with van der Waals surface area (Å²) in [6, 6.07) is 24.0. The van der Waals surface area contributed by atoms with Crippen molar-refractivity contribution in [3.63, 3.8) is 0 Å². The van der Waals surface area contributed by atoms with Gasteiger partial charge in [-0.25, -0.2) is 9.78 Å². The van der Waals surface area contributed by atoms with Crippen LogP contribution in [0.5, 0.6) is 0 Å². The molecule has 2 heterocycles. The predicted molar refractivity (Wildman–Crippen MR) is 141 cm³/mol. The summed E-state index contributed by atoms with van der Waals surface area (Å²) in [6.07, 6.45) is 1.77. The van der Waals surface area contributed by atoms with Crippen LogP contribution in [-0.2, 0) is 4.79 Å². The summed E-state index contributed by atoms with van der Waals surface area (Å²) < 4.78 is 7.34. The number of anilines is 1. The molecule has 0 aliphatic heterocycles. The second-order valence-corrected chi connectivity index (χ2v) is 9.33. The Hall–Kier alpha value is -3.81. The van der Waals surface area contributed by atoms with E-state index in [0.29, 0.717) is 27.0 Å². The van der Waals surface area contributed by atoms with Crippen LogP contribution in [0.1, 0.15) is 5.56 Å². The molecule has 35 heavy (non-hydrogen) atoms. The summed E-state index contributed by atoms with van der Waals surface area (Å²) in [5.74, 6) is -0.0114. The molecule has 5 rings (SSSR count). The van der Waals surface area contributed by atoms with E-state index in [1.807, 2.05) is 66.1 Å². The highest BCUT2D eigenvalue weighted by Gasteiger charge is 2.17. The van der Waals surface area contributed by atoms with Crippen LogP contribution in [0, 0.1) is 6.92 Å². The molecular formula is C27H20ClN3O3S. The van der Waals surface area contributed by atoms with Gasteiger partial charge in [-0.3, -0.25) is 9.36 Å². The molecule has 6 nitrogen and oxygen atoms in total. The van der Waals surface area contributed by atoms with E-state index in [-0.39, 0.29) is 11.7 Å². The lowest BCUT2D eigenvalue weighted by Crippen LogP contribution is -2.14. The zero-order chi connectivity index (χ0) is 24.4. The molecule has 0 saturated carbocycles. The highest BCUT2D eigenvalue weighted by Crippen LogP contribution is 2.28. The number of benzene rings is 3. The first-order valence-electron chi connectivity index (χ1n) is 10.8. The smallest absolute Gasteiger partial charge is 0.345 e. The molecule has 0 unspecified atom stereocenters. The van der Waals surface area contributed by atoms with Gasteiger partial charge in [0.15, 0.2) is 5.16 Å². The Labute approximate surface area is 210 Å². The van der Waals surface area contributed by atoms with Gasteiger partial charge in [0.1, 0.15) is 5.58 Å². The average molecular weight is 502 g/mol. The maximum Gasteiger partial charge on any atom is 0.345 e. The van der Waals surface area contributed by atoms with E-state index in [0.717, 1.165) is 22.3 Å². The molecule has 0 radical (unpaired) electrons. The molecule has 0 saturated heterocycles. The minimum atomic E-state index is -0.474. The van der Waals surface area contributed by atoms with Crippen molar-refractivity contribution in [2.45, 2.75) is 12.1 Å². The third kappa shape index (κ3) is 5.16. The van der Waals surface area contributed by atoms with Gasteiger partial charge in [0.25, 0.3) is 0 Å². The molecule has 1 N–H and O–H groups in total. The summed E-state index contributed by atoms with van der Waals surface area (Å²) in [7, 11) is 0.